The van der Waals surface area contributed by atoms with Crippen LogP contribution >= 0.6 is 27.3 Å². The molecule has 0 aliphatic heterocycles. The van der Waals surface area contributed by atoms with E-state index in [1.54, 1.807) is 23.5 Å². The number of rotatable bonds is 5. The summed E-state index contributed by atoms with van der Waals surface area (Å²) in [6.45, 7) is 0.546. The van der Waals surface area contributed by atoms with Gasteiger partial charge >= 0.3 is 0 Å². The van der Waals surface area contributed by atoms with E-state index in [0.29, 0.717) is 17.0 Å². The lowest BCUT2D eigenvalue weighted by molar-refractivity contribution is 0.0913. The fourth-order valence-electron chi connectivity index (χ4n) is 1.73. The molecule has 0 saturated carbocycles. The third-order valence-corrected chi connectivity index (χ3v) is 4.15. The van der Waals surface area contributed by atoms with E-state index in [1.807, 2.05) is 25.5 Å². The average molecular weight is 343 g/mol. The smallest absolute Gasteiger partial charge is 0.287 e. The van der Waals surface area contributed by atoms with Gasteiger partial charge in [0.05, 0.1) is 6.04 Å². The van der Waals surface area contributed by atoms with Crippen LogP contribution in [0.5, 0.6) is 0 Å². The number of carbonyl (C=O) groups is 1. The minimum absolute atomic E-state index is 0.169. The van der Waals surface area contributed by atoms with Gasteiger partial charge in [-0.05, 0) is 53.6 Å². The highest BCUT2D eigenvalue weighted by molar-refractivity contribution is 9.10. The normalized spacial score (nSPS) is 12.6. The van der Waals surface area contributed by atoms with E-state index < -0.39 is 0 Å². The van der Waals surface area contributed by atoms with Gasteiger partial charge in [0, 0.05) is 11.4 Å². The highest BCUT2D eigenvalue weighted by Crippen LogP contribution is 2.22. The minimum Gasteiger partial charge on any atom is -0.444 e. The number of thiophene rings is 1. The Morgan fingerprint density at radius 3 is 2.79 bits per heavy atom. The molecule has 1 amide bonds. The highest BCUT2D eigenvalue weighted by atomic mass is 79.9. The molecule has 0 aliphatic rings. The van der Waals surface area contributed by atoms with Crippen LogP contribution in [0.3, 0.4) is 0 Å². The van der Waals surface area contributed by atoms with Crippen molar-refractivity contribution in [1.82, 2.24) is 10.2 Å². The van der Waals surface area contributed by atoms with Crippen LogP contribution in [-0.4, -0.2) is 31.4 Å². The maximum atomic E-state index is 11.9. The molecule has 2 aromatic heterocycles. The summed E-state index contributed by atoms with van der Waals surface area (Å²) < 4.78 is 5.78. The molecule has 1 atom stereocenters. The van der Waals surface area contributed by atoms with Crippen LogP contribution in [0, 0.1) is 0 Å². The van der Waals surface area contributed by atoms with Gasteiger partial charge in [-0.25, -0.2) is 0 Å². The molecule has 0 unspecified atom stereocenters. The molecule has 2 rings (SSSR count). The van der Waals surface area contributed by atoms with Crippen molar-refractivity contribution in [1.29, 1.82) is 0 Å². The van der Waals surface area contributed by atoms with Crippen LogP contribution in [0.1, 0.15) is 21.5 Å². The topological polar surface area (TPSA) is 45.5 Å². The monoisotopic (exact) mass is 342 g/mol. The summed E-state index contributed by atoms with van der Waals surface area (Å²) in [6, 6.07) is 7.61. The molecule has 0 aromatic carbocycles. The van der Waals surface area contributed by atoms with Crippen molar-refractivity contribution < 1.29 is 9.21 Å². The second-order valence-corrected chi connectivity index (χ2v) is 6.07. The van der Waals surface area contributed by atoms with Gasteiger partial charge in [-0.3, -0.25) is 4.79 Å². The summed E-state index contributed by atoms with van der Waals surface area (Å²) in [5.74, 6) is 0.115. The lowest BCUT2D eigenvalue weighted by Crippen LogP contribution is -2.34. The van der Waals surface area contributed by atoms with E-state index in [4.69, 9.17) is 4.42 Å². The number of nitrogens with one attached hydrogen (secondary N) is 1. The molecule has 0 saturated heterocycles. The number of carbonyl (C=O) groups excluding carboxylic acids is 1. The molecule has 102 valence electrons. The third kappa shape index (κ3) is 3.68. The summed E-state index contributed by atoms with van der Waals surface area (Å²) in [4.78, 5) is 15.2. The summed E-state index contributed by atoms with van der Waals surface area (Å²) in [5, 5.41) is 4.93. The molecule has 2 aromatic rings. The lowest BCUT2D eigenvalue weighted by Gasteiger charge is -2.23. The van der Waals surface area contributed by atoms with E-state index in [1.165, 1.54) is 4.88 Å². The molecule has 6 heteroatoms. The maximum absolute atomic E-state index is 11.9. The van der Waals surface area contributed by atoms with Gasteiger partial charge in [0.1, 0.15) is 0 Å². The SMILES string of the molecule is CN(C)[C@@H](CNC(=O)c1ccc(Br)o1)c1cccs1. The predicted octanol–water partition coefficient (Wildman–Crippen LogP) is 3.14. The highest BCUT2D eigenvalue weighted by Gasteiger charge is 2.17. The van der Waals surface area contributed by atoms with Gasteiger partial charge in [-0.15, -0.1) is 11.3 Å². The van der Waals surface area contributed by atoms with E-state index in [9.17, 15) is 4.79 Å². The van der Waals surface area contributed by atoms with Crippen molar-refractivity contribution in [3.63, 3.8) is 0 Å². The van der Waals surface area contributed by atoms with Crippen LogP contribution in [0.15, 0.2) is 38.7 Å². The Bertz CT molecular complexity index is 537. The number of nitrogens with zero attached hydrogens (tertiary/aromatic N) is 1. The van der Waals surface area contributed by atoms with Crippen molar-refractivity contribution in [2.24, 2.45) is 0 Å². The zero-order chi connectivity index (χ0) is 13.8. The predicted molar refractivity (Wildman–Crippen MR) is 79.5 cm³/mol. The molecular weight excluding hydrogens is 328 g/mol. The third-order valence-electron chi connectivity index (χ3n) is 2.75. The quantitative estimate of drug-likeness (QED) is 0.907. The molecule has 2 heterocycles. The van der Waals surface area contributed by atoms with Gasteiger partial charge in [-0.2, -0.15) is 0 Å². The molecule has 0 fully saturated rings. The molecule has 4 nitrogen and oxygen atoms in total. The zero-order valence-corrected chi connectivity index (χ0v) is 13.1. The molecular formula is C13H15BrN2O2S. The Kier molecular flexibility index (Phi) is 4.79. The largest absolute Gasteiger partial charge is 0.444 e. The Labute approximate surface area is 124 Å². The van der Waals surface area contributed by atoms with Crippen LogP contribution < -0.4 is 5.32 Å². The first kappa shape index (κ1) is 14.3. The molecule has 0 radical (unpaired) electrons. The van der Waals surface area contributed by atoms with Crippen molar-refractivity contribution in [3.05, 3.63) is 45.0 Å². The Morgan fingerprint density at radius 2 is 2.26 bits per heavy atom. The van der Waals surface area contributed by atoms with E-state index in [2.05, 4.69) is 32.2 Å². The number of hydrogen-bond donors (Lipinski definition) is 1. The fraction of sp³-hybridized carbons (Fsp3) is 0.308. The Morgan fingerprint density at radius 1 is 1.47 bits per heavy atom. The van der Waals surface area contributed by atoms with Crippen molar-refractivity contribution in [2.75, 3.05) is 20.6 Å². The van der Waals surface area contributed by atoms with Gasteiger partial charge in [-0.1, -0.05) is 6.07 Å². The second kappa shape index (κ2) is 6.36. The first-order chi connectivity index (χ1) is 9.08. The summed E-state index contributed by atoms with van der Waals surface area (Å²) in [5.41, 5.74) is 0. The van der Waals surface area contributed by atoms with Crippen LogP contribution in [0.25, 0.3) is 0 Å². The van der Waals surface area contributed by atoms with Gasteiger partial charge in [0.15, 0.2) is 10.4 Å². The van der Waals surface area contributed by atoms with Gasteiger partial charge in [0.25, 0.3) is 5.91 Å². The van der Waals surface area contributed by atoms with E-state index in [0.717, 1.165) is 0 Å². The fourth-order valence-corrected chi connectivity index (χ4v) is 2.96. The first-order valence-electron chi connectivity index (χ1n) is 5.81. The van der Waals surface area contributed by atoms with Crippen molar-refractivity contribution in [2.45, 2.75) is 6.04 Å². The number of likely N-dealkylation sites (N-methyl/N-ethyl adjacent to an activating group) is 1. The summed E-state index contributed by atoms with van der Waals surface area (Å²) >= 11 is 4.87. The summed E-state index contributed by atoms with van der Waals surface area (Å²) in [7, 11) is 4.00. The molecule has 1 N–H and O–H groups in total. The number of hydrogen-bond acceptors (Lipinski definition) is 4. The minimum atomic E-state index is -0.200. The Hall–Kier alpha value is -1.11. The van der Waals surface area contributed by atoms with Crippen molar-refractivity contribution >= 4 is 33.2 Å². The molecule has 0 spiro atoms. The Balaban J connectivity index is 1.98. The first-order valence-corrected chi connectivity index (χ1v) is 7.48. The standard InChI is InChI=1S/C13H15BrN2O2S/c1-16(2)9(11-4-3-7-19-11)8-15-13(17)10-5-6-12(14)18-10/h3-7,9H,8H2,1-2H3,(H,15,17)/t9-/m0/s1. The number of halogens is 1. The number of amides is 1. The average Bonchev–Trinajstić information content (AvgIpc) is 3.00. The van der Waals surface area contributed by atoms with Crippen LogP contribution in [0.2, 0.25) is 0 Å². The molecule has 19 heavy (non-hydrogen) atoms. The molecule has 0 aliphatic carbocycles. The van der Waals surface area contributed by atoms with Gasteiger partial charge < -0.3 is 14.6 Å². The van der Waals surface area contributed by atoms with Crippen molar-refractivity contribution in [3.8, 4) is 0 Å². The lowest BCUT2D eigenvalue weighted by atomic mass is 10.2. The van der Waals surface area contributed by atoms with E-state index in [-0.39, 0.29) is 11.9 Å². The van der Waals surface area contributed by atoms with Crippen LogP contribution in [-0.2, 0) is 0 Å². The van der Waals surface area contributed by atoms with Crippen LogP contribution in [0.4, 0.5) is 0 Å². The second-order valence-electron chi connectivity index (χ2n) is 4.31. The van der Waals surface area contributed by atoms with Gasteiger partial charge in [0.2, 0.25) is 0 Å². The maximum Gasteiger partial charge on any atom is 0.287 e. The zero-order valence-electron chi connectivity index (χ0n) is 10.7. The molecule has 0 bridgehead atoms. The van der Waals surface area contributed by atoms with E-state index >= 15 is 0 Å². The number of furan rings is 1. The summed E-state index contributed by atoms with van der Waals surface area (Å²) in [6.07, 6.45) is 0.